The van der Waals surface area contributed by atoms with Gasteiger partial charge in [0.15, 0.2) is 0 Å². The van der Waals surface area contributed by atoms with Crippen LogP contribution in [0.3, 0.4) is 0 Å². The number of nitrogens with zero attached hydrogens (tertiary/aromatic N) is 1. The van der Waals surface area contributed by atoms with E-state index in [1.807, 2.05) is 19.1 Å². The Hall–Kier alpha value is -1.60. The first kappa shape index (κ1) is 17.2. The van der Waals surface area contributed by atoms with E-state index in [2.05, 4.69) is 54.3 Å². The number of anilines is 1. The van der Waals surface area contributed by atoms with Gasteiger partial charge < -0.3 is 10.1 Å². The SMILES string of the molecule is CCCCOC(=O)/C=C1\C=C(C)Nc2c1c(Br)cc1c(Br)[nH]nc21. The summed E-state index contributed by atoms with van der Waals surface area (Å²) in [4.78, 5) is 12.1. The van der Waals surface area contributed by atoms with Crippen LogP contribution in [0, 0.1) is 0 Å². The quantitative estimate of drug-likeness (QED) is 0.381. The highest BCUT2D eigenvalue weighted by molar-refractivity contribution is 9.11. The van der Waals surface area contributed by atoms with E-state index in [1.54, 1.807) is 0 Å². The zero-order chi connectivity index (χ0) is 17.3. The molecule has 1 aromatic carbocycles. The van der Waals surface area contributed by atoms with Gasteiger partial charge in [-0.2, -0.15) is 5.10 Å². The predicted molar refractivity (Wildman–Crippen MR) is 103 cm³/mol. The Balaban J connectivity index is 2.06. The minimum atomic E-state index is -0.328. The summed E-state index contributed by atoms with van der Waals surface area (Å²) in [7, 11) is 0. The Kier molecular flexibility index (Phi) is 5.10. The fraction of sp³-hybridized carbons (Fsp3) is 0.294. The van der Waals surface area contributed by atoms with E-state index in [9.17, 15) is 4.79 Å². The van der Waals surface area contributed by atoms with Gasteiger partial charge in [0.2, 0.25) is 0 Å². The highest BCUT2D eigenvalue weighted by atomic mass is 79.9. The highest BCUT2D eigenvalue weighted by Gasteiger charge is 2.22. The van der Waals surface area contributed by atoms with E-state index in [0.29, 0.717) is 6.61 Å². The van der Waals surface area contributed by atoms with E-state index in [0.717, 1.165) is 55.3 Å². The van der Waals surface area contributed by atoms with E-state index < -0.39 is 0 Å². The van der Waals surface area contributed by atoms with Gasteiger partial charge in [-0.3, -0.25) is 5.10 Å². The molecule has 0 fully saturated rings. The maximum atomic E-state index is 12.1. The molecule has 2 N–H and O–H groups in total. The molecule has 1 aliphatic heterocycles. The van der Waals surface area contributed by atoms with Crippen molar-refractivity contribution in [3.05, 3.63) is 38.6 Å². The third-order valence-corrected chi connectivity index (χ3v) is 4.98. The first-order valence-corrected chi connectivity index (χ1v) is 9.30. The average molecular weight is 455 g/mol. The number of benzene rings is 1. The van der Waals surface area contributed by atoms with Gasteiger partial charge in [-0.1, -0.05) is 29.3 Å². The number of fused-ring (bicyclic) bond motifs is 3. The molecule has 0 spiro atoms. The van der Waals surface area contributed by atoms with Gasteiger partial charge in [-0.15, -0.1) is 0 Å². The Morgan fingerprint density at radius 2 is 2.21 bits per heavy atom. The Morgan fingerprint density at radius 3 is 2.96 bits per heavy atom. The van der Waals surface area contributed by atoms with Crippen LogP contribution in [-0.4, -0.2) is 22.8 Å². The standard InChI is InChI=1S/C17H17Br2N3O2/c1-3-4-5-24-13(23)7-10-6-9(2)20-16-14(10)12(18)8-11-15(16)21-22-17(11)19/h6-8,20H,3-5H2,1-2H3,(H,21,22)/b10-7+. The molecule has 1 aliphatic rings. The van der Waals surface area contributed by atoms with Crippen molar-refractivity contribution in [2.45, 2.75) is 26.7 Å². The molecular weight excluding hydrogens is 438 g/mol. The fourth-order valence-corrected chi connectivity index (χ4v) is 3.68. The third-order valence-electron chi connectivity index (χ3n) is 3.75. The van der Waals surface area contributed by atoms with Crippen LogP contribution in [0.25, 0.3) is 16.5 Å². The molecular formula is C17H17Br2N3O2. The second-order valence-corrected chi connectivity index (χ2v) is 7.26. The summed E-state index contributed by atoms with van der Waals surface area (Å²) in [5.41, 5.74) is 4.33. The Labute approximate surface area is 156 Å². The number of allylic oxidation sites excluding steroid dienone is 3. The van der Waals surface area contributed by atoms with Crippen LogP contribution in [0.1, 0.15) is 32.3 Å². The maximum Gasteiger partial charge on any atom is 0.331 e. The molecule has 7 heteroatoms. The normalized spacial score (nSPS) is 15.2. The zero-order valence-electron chi connectivity index (χ0n) is 13.4. The maximum absolute atomic E-state index is 12.1. The van der Waals surface area contributed by atoms with Gasteiger partial charge in [-0.05, 0) is 47.0 Å². The second kappa shape index (κ2) is 7.11. The molecule has 2 aromatic rings. The van der Waals surface area contributed by atoms with Gasteiger partial charge in [0.05, 0.1) is 12.3 Å². The number of aromatic amines is 1. The molecule has 0 atom stereocenters. The summed E-state index contributed by atoms with van der Waals surface area (Å²) < 4.78 is 6.96. The number of aromatic nitrogens is 2. The van der Waals surface area contributed by atoms with Crippen molar-refractivity contribution in [3.8, 4) is 0 Å². The molecule has 1 aromatic heterocycles. The largest absolute Gasteiger partial charge is 0.463 e. The summed E-state index contributed by atoms with van der Waals surface area (Å²) in [5.74, 6) is -0.328. The van der Waals surface area contributed by atoms with E-state index in [-0.39, 0.29) is 5.97 Å². The molecule has 126 valence electrons. The Morgan fingerprint density at radius 1 is 1.42 bits per heavy atom. The molecule has 0 aliphatic carbocycles. The minimum Gasteiger partial charge on any atom is -0.463 e. The zero-order valence-corrected chi connectivity index (χ0v) is 16.5. The lowest BCUT2D eigenvalue weighted by Gasteiger charge is -2.21. The number of H-pyrrole nitrogens is 1. The van der Waals surface area contributed by atoms with Gasteiger partial charge in [0.1, 0.15) is 10.1 Å². The number of halogens is 2. The van der Waals surface area contributed by atoms with E-state index >= 15 is 0 Å². The topological polar surface area (TPSA) is 67.0 Å². The number of ether oxygens (including phenoxy) is 1. The smallest absolute Gasteiger partial charge is 0.331 e. The van der Waals surface area contributed by atoms with E-state index in [4.69, 9.17) is 4.74 Å². The predicted octanol–water partition coefficient (Wildman–Crippen LogP) is 5.14. The van der Waals surface area contributed by atoms with Crippen LogP contribution in [0.4, 0.5) is 5.69 Å². The van der Waals surface area contributed by atoms with Crippen molar-refractivity contribution in [1.29, 1.82) is 0 Å². The highest BCUT2D eigenvalue weighted by Crippen LogP contribution is 2.42. The van der Waals surface area contributed by atoms with Crippen molar-refractivity contribution in [3.63, 3.8) is 0 Å². The minimum absolute atomic E-state index is 0.328. The number of carbonyl (C=O) groups excluding carboxylic acids is 1. The molecule has 0 bridgehead atoms. The van der Waals surface area contributed by atoms with Crippen molar-refractivity contribution in [2.24, 2.45) is 0 Å². The van der Waals surface area contributed by atoms with Crippen molar-refractivity contribution < 1.29 is 9.53 Å². The van der Waals surface area contributed by atoms with Gasteiger partial charge >= 0.3 is 5.97 Å². The summed E-state index contributed by atoms with van der Waals surface area (Å²) >= 11 is 7.08. The molecule has 3 rings (SSSR count). The van der Waals surface area contributed by atoms with Crippen molar-refractivity contribution in [2.75, 3.05) is 11.9 Å². The molecule has 0 saturated carbocycles. The first-order valence-electron chi connectivity index (χ1n) is 7.71. The second-order valence-electron chi connectivity index (χ2n) is 5.62. The van der Waals surface area contributed by atoms with Crippen molar-refractivity contribution >= 4 is 60.0 Å². The molecule has 2 heterocycles. The lowest BCUT2D eigenvalue weighted by Crippen LogP contribution is -2.09. The van der Waals surface area contributed by atoms with Crippen LogP contribution in [0.5, 0.6) is 0 Å². The van der Waals surface area contributed by atoms with Gasteiger partial charge in [0.25, 0.3) is 0 Å². The lowest BCUT2D eigenvalue weighted by molar-refractivity contribution is -0.137. The summed E-state index contributed by atoms with van der Waals surface area (Å²) in [6.07, 6.45) is 5.33. The molecule has 5 nitrogen and oxygen atoms in total. The first-order chi connectivity index (χ1) is 11.5. The molecule has 0 radical (unpaired) electrons. The average Bonchev–Trinajstić information content (AvgIpc) is 2.88. The number of hydrogen-bond donors (Lipinski definition) is 2. The van der Waals surface area contributed by atoms with Crippen LogP contribution in [0.2, 0.25) is 0 Å². The van der Waals surface area contributed by atoms with Crippen LogP contribution < -0.4 is 5.32 Å². The van der Waals surface area contributed by atoms with Crippen LogP contribution >= 0.6 is 31.9 Å². The number of rotatable bonds is 4. The van der Waals surface area contributed by atoms with E-state index in [1.165, 1.54) is 6.08 Å². The molecule has 24 heavy (non-hydrogen) atoms. The van der Waals surface area contributed by atoms with Gasteiger partial charge in [-0.25, -0.2) is 4.79 Å². The number of unbranched alkanes of at least 4 members (excludes halogenated alkanes) is 1. The molecule has 0 amide bonds. The summed E-state index contributed by atoms with van der Waals surface area (Å²) in [5, 5.41) is 11.6. The summed E-state index contributed by atoms with van der Waals surface area (Å²) in [6.45, 7) is 4.46. The molecule has 0 saturated heterocycles. The monoisotopic (exact) mass is 453 g/mol. The number of carbonyl (C=O) groups is 1. The fourth-order valence-electron chi connectivity index (χ4n) is 2.63. The number of hydrogen-bond acceptors (Lipinski definition) is 4. The number of esters is 1. The lowest BCUT2D eigenvalue weighted by atomic mass is 9.97. The van der Waals surface area contributed by atoms with Crippen LogP contribution in [0.15, 0.2) is 33.0 Å². The Bertz CT molecular complexity index is 868. The summed E-state index contributed by atoms with van der Waals surface area (Å²) in [6, 6.07) is 1.98. The van der Waals surface area contributed by atoms with Crippen LogP contribution in [-0.2, 0) is 9.53 Å². The van der Waals surface area contributed by atoms with Crippen molar-refractivity contribution in [1.82, 2.24) is 10.2 Å². The van der Waals surface area contributed by atoms with Gasteiger partial charge in [0, 0.05) is 27.2 Å². The number of nitrogens with one attached hydrogen (secondary N) is 2. The molecule has 0 unspecified atom stereocenters. The third kappa shape index (κ3) is 3.28.